The fraction of sp³-hybridized carbons (Fsp3) is 0.786. The monoisotopic (exact) mass is 251 g/mol. The summed E-state index contributed by atoms with van der Waals surface area (Å²) in [6.07, 6.45) is 3.94. The zero-order valence-corrected chi connectivity index (χ0v) is 11.9. The fourth-order valence-corrected chi connectivity index (χ4v) is 2.64. The molecule has 1 fully saturated rings. The molecule has 0 spiro atoms. The van der Waals surface area contributed by atoms with Crippen molar-refractivity contribution in [2.75, 3.05) is 13.6 Å². The van der Waals surface area contributed by atoms with Crippen LogP contribution in [0, 0.1) is 5.92 Å². The van der Waals surface area contributed by atoms with E-state index in [0.29, 0.717) is 18.0 Å². The van der Waals surface area contributed by atoms with E-state index in [4.69, 9.17) is 4.42 Å². The SMILES string of the molecule is CCc1cnc(CNC2CC(C)N(C)CC2C)o1. The molecule has 1 saturated heterocycles. The minimum Gasteiger partial charge on any atom is -0.444 e. The predicted octanol–water partition coefficient (Wildman–Crippen LogP) is 2.06. The van der Waals surface area contributed by atoms with Crippen LogP contribution in [0.25, 0.3) is 0 Å². The van der Waals surface area contributed by atoms with Crippen molar-refractivity contribution in [2.45, 2.75) is 52.2 Å². The van der Waals surface area contributed by atoms with Crippen molar-refractivity contribution >= 4 is 0 Å². The van der Waals surface area contributed by atoms with Crippen molar-refractivity contribution in [1.29, 1.82) is 0 Å². The van der Waals surface area contributed by atoms with Gasteiger partial charge in [-0.2, -0.15) is 0 Å². The highest BCUT2D eigenvalue weighted by Crippen LogP contribution is 2.21. The van der Waals surface area contributed by atoms with Crippen LogP contribution in [0.15, 0.2) is 10.6 Å². The number of oxazole rings is 1. The van der Waals surface area contributed by atoms with Gasteiger partial charge in [0.1, 0.15) is 5.76 Å². The molecule has 102 valence electrons. The van der Waals surface area contributed by atoms with Crippen LogP contribution in [0.5, 0.6) is 0 Å². The van der Waals surface area contributed by atoms with Gasteiger partial charge in [0.2, 0.25) is 5.89 Å². The molecule has 0 bridgehead atoms. The molecule has 3 atom stereocenters. The zero-order chi connectivity index (χ0) is 13.1. The predicted molar refractivity (Wildman–Crippen MR) is 72.4 cm³/mol. The molecule has 4 heteroatoms. The quantitative estimate of drug-likeness (QED) is 0.889. The summed E-state index contributed by atoms with van der Waals surface area (Å²) in [5, 5.41) is 3.59. The van der Waals surface area contributed by atoms with Gasteiger partial charge in [0.25, 0.3) is 0 Å². The zero-order valence-electron chi connectivity index (χ0n) is 11.9. The van der Waals surface area contributed by atoms with Gasteiger partial charge >= 0.3 is 0 Å². The van der Waals surface area contributed by atoms with Crippen LogP contribution in [0.3, 0.4) is 0 Å². The summed E-state index contributed by atoms with van der Waals surface area (Å²) in [6, 6.07) is 1.21. The summed E-state index contributed by atoms with van der Waals surface area (Å²) in [6.45, 7) is 8.59. The Balaban J connectivity index is 1.85. The second-order valence-corrected chi connectivity index (χ2v) is 5.56. The van der Waals surface area contributed by atoms with Crippen molar-refractivity contribution in [3.8, 4) is 0 Å². The number of likely N-dealkylation sites (tertiary alicyclic amines) is 1. The van der Waals surface area contributed by atoms with Crippen LogP contribution >= 0.6 is 0 Å². The molecule has 0 aliphatic carbocycles. The normalized spacial score (nSPS) is 29.7. The number of nitrogens with zero attached hydrogens (tertiary/aromatic N) is 2. The van der Waals surface area contributed by atoms with E-state index >= 15 is 0 Å². The van der Waals surface area contributed by atoms with Crippen LogP contribution in [0.2, 0.25) is 0 Å². The first-order chi connectivity index (χ1) is 8.60. The molecule has 1 aliphatic rings. The van der Waals surface area contributed by atoms with Gasteiger partial charge in [0.05, 0.1) is 12.7 Å². The van der Waals surface area contributed by atoms with Gasteiger partial charge in [-0.3, -0.25) is 0 Å². The van der Waals surface area contributed by atoms with Crippen molar-refractivity contribution < 1.29 is 4.42 Å². The number of rotatable bonds is 4. The van der Waals surface area contributed by atoms with E-state index in [0.717, 1.165) is 31.2 Å². The highest BCUT2D eigenvalue weighted by atomic mass is 16.4. The molecule has 0 radical (unpaired) electrons. The van der Waals surface area contributed by atoms with Gasteiger partial charge in [0, 0.05) is 25.0 Å². The lowest BCUT2D eigenvalue weighted by molar-refractivity contribution is 0.119. The molecule has 1 aromatic rings. The topological polar surface area (TPSA) is 41.3 Å². The summed E-state index contributed by atoms with van der Waals surface area (Å²) in [4.78, 5) is 6.72. The Kier molecular flexibility index (Phi) is 4.40. The molecule has 1 N–H and O–H groups in total. The molecule has 18 heavy (non-hydrogen) atoms. The Labute approximate surface area is 110 Å². The first-order valence-corrected chi connectivity index (χ1v) is 6.97. The highest BCUT2D eigenvalue weighted by molar-refractivity contribution is 4.94. The second-order valence-electron chi connectivity index (χ2n) is 5.56. The molecule has 0 saturated carbocycles. The molecule has 4 nitrogen and oxygen atoms in total. The summed E-state index contributed by atoms with van der Waals surface area (Å²) in [7, 11) is 2.21. The van der Waals surface area contributed by atoms with Gasteiger partial charge in [-0.05, 0) is 26.3 Å². The molecule has 2 rings (SSSR count). The third-order valence-electron chi connectivity index (χ3n) is 4.08. The summed E-state index contributed by atoms with van der Waals surface area (Å²) in [5.41, 5.74) is 0. The number of piperidine rings is 1. The Bertz CT molecular complexity index is 377. The standard InChI is InChI=1S/C14H25N3O/c1-5-12-7-16-14(18-12)8-15-13-6-11(3)17(4)9-10(13)2/h7,10-11,13,15H,5-6,8-9H2,1-4H3. The maximum atomic E-state index is 5.62. The Morgan fingerprint density at radius 1 is 1.50 bits per heavy atom. The van der Waals surface area contributed by atoms with E-state index < -0.39 is 0 Å². The number of hydrogen-bond donors (Lipinski definition) is 1. The fourth-order valence-electron chi connectivity index (χ4n) is 2.64. The number of nitrogens with one attached hydrogen (secondary N) is 1. The van der Waals surface area contributed by atoms with Gasteiger partial charge < -0.3 is 14.6 Å². The number of hydrogen-bond acceptors (Lipinski definition) is 4. The van der Waals surface area contributed by atoms with E-state index in [9.17, 15) is 0 Å². The maximum Gasteiger partial charge on any atom is 0.208 e. The van der Waals surface area contributed by atoms with E-state index in [1.807, 2.05) is 6.20 Å². The first-order valence-electron chi connectivity index (χ1n) is 6.97. The molecule has 2 heterocycles. The Morgan fingerprint density at radius 3 is 2.94 bits per heavy atom. The minimum absolute atomic E-state index is 0.563. The van der Waals surface area contributed by atoms with E-state index in [-0.39, 0.29) is 0 Å². The average Bonchev–Trinajstić information content (AvgIpc) is 2.80. The molecule has 1 aliphatic heterocycles. The molecular weight excluding hydrogens is 226 g/mol. The summed E-state index contributed by atoms with van der Waals surface area (Å²) >= 11 is 0. The molecular formula is C14H25N3O. The van der Waals surface area contributed by atoms with Crippen molar-refractivity contribution in [1.82, 2.24) is 15.2 Å². The molecule has 0 aromatic carbocycles. The Morgan fingerprint density at radius 2 is 2.28 bits per heavy atom. The lowest BCUT2D eigenvalue weighted by Gasteiger charge is -2.39. The number of aromatic nitrogens is 1. The summed E-state index contributed by atoms with van der Waals surface area (Å²) in [5.74, 6) is 2.45. The van der Waals surface area contributed by atoms with Gasteiger partial charge in [-0.1, -0.05) is 13.8 Å². The van der Waals surface area contributed by atoms with Crippen LogP contribution in [-0.2, 0) is 13.0 Å². The highest BCUT2D eigenvalue weighted by Gasteiger charge is 2.28. The van der Waals surface area contributed by atoms with Crippen molar-refractivity contribution in [2.24, 2.45) is 5.92 Å². The second kappa shape index (κ2) is 5.85. The van der Waals surface area contributed by atoms with Crippen LogP contribution in [0.4, 0.5) is 0 Å². The number of aryl methyl sites for hydroxylation is 1. The first kappa shape index (κ1) is 13.6. The lowest BCUT2D eigenvalue weighted by Crippen LogP contribution is -2.50. The van der Waals surface area contributed by atoms with E-state index in [1.54, 1.807) is 0 Å². The molecule has 1 aromatic heterocycles. The minimum atomic E-state index is 0.563. The average molecular weight is 251 g/mol. The van der Waals surface area contributed by atoms with Crippen molar-refractivity contribution in [3.05, 3.63) is 17.8 Å². The molecule has 3 unspecified atom stereocenters. The van der Waals surface area contributed by atoms with Gasteiger partial charge in [-0.15, -0.1) is 0 Å². The largest absolute Gasteiger partial charge is 0.444 e. The lowest BCUT2D eigenvalue weighted by atomic mass is 9.90. The Hall–Kier alpha value is -0.870. The third-order valence-corrected chi connectivity index (χ3v) is 4.08. The van der Waals surface area contributed by atoms with Gasteiger partial charge in [-0.25, -0.2) is 4.98 Å². The maximum absolute atomic E-state index is 5.62. The van der Waals surface area contributed by atoms with Crippen LogP contribution < -0.4 is 5.32 Å². The smallest absolute Gasteiger partial charge is 0.208 e. The molecule has 0 amide bonds. The summed E-state index contributed by atoms with van der Waals surface area (Å²) < 4.78 is 5.62. The van der Waals surface area contributed by atoms with E-state index in [2.05, 4.69) is 43.0 Å². The van der Waals surface area contributed by atoms with Crippen LogP contribution in [0.1, 0.15) is 38.8 Å². The van der Waals surface area contributed by atoms with Gasteiger partial charge in [0.15, 0.2) is 0 Å². The van der Waals surface area contributed by atoms with Crippen molar-refractivity contribution in [3.63, 3.8) is 0 Å². The van der Waals surface area contributed by atoms with E-state index in [1.165, 1.54) is 6.42 Å². The third kappa shape index (κ3) is 3.12. The van der Waals surface area contributed by atoms with Crippen LogP contribution in [-0.4, -0.2) is 35.6 Å².